The van der Waals surface area contributed by atoms with Gasteiger partial charge >= 0.3 is 0 Å². The van der Waals surface area contributed by atoms with Gasteiger partial charge in [0.1, 0.15) is 0 Å². The molecule has 0 aliphatic heterocycles. The van der Waals surface area contributed by atoms with Gasteiger partial charge in [0, 0.05) is 12.5 Å². The topological polar surface area (TPSA) is 38.0 Å². The second kappa shape index (κ2) is 3.74. The summed E-state index contributed by atoms with van der Waals surface area (Å²) in [5, 5.41) is 0. The van der Waals surface area contributed by atoms with Gasteiger partial charge in [-0.2, -0.15) is 0 Å². The highest BCUT2D eigenvalue weighted by molar-refractivity contribution is 5.78. The molecule has 0 unspecified atom stereocenters. The molecule has 2 nitrogen and oxygen atoms in total. The number of hydrogen-bond donors (Lipinski definition) is 2. The van der Waals surface area contributed by atoms with E-state index < -0.39 is 0 Å². The molecule has 0 saturated heterocycles. The zero-order valence-corrected chi connectivity index (χ0v) is 8.98. The van der Waals surface area contributed by atoms with Gasteiger partial charge in [0.05, 0.1) is 0 Å². The molecule has 3 N–H and O–H groups in total. The minimum Gasteiger partial charge on any atom is -0.271 e. The Morgan fingerprint density at radius 3 is 1.88 bits per heavy atom. The predicted octanol–water partition coefficient (Wildman–Crippen LogP) is 2.26. The second-order valence-electron chi connectivity index (χ2n) is 4.14. The average molecular weight is 210 g/mol. The molecule has 0 radical (unpaired) electrons. The first kappa shape index (κ1) is 9.58. The van der Waals surface area contributed by atoms with E-state index in [2.05, 4.69) is 54.0 Å². The van der Waals surface area contributed by atoms with Crippen molar-refractivity contribution in [3.8, 4) is 11.1 Å². The van der Waals surface area contributed by atoms with E-state index in [-0.39, 0.29) is 0 Å². The van der Waals surface area contributed by atoms with Crippen molar-refractivity contribution < 1.29 is 0 Å². The number of hydrogen-bond acceptors (Lipinski definition) is 2. The molecule has 0 atom stereocenters. The van der Waals surface area contributed by atoms with Crippen molar-refractivity contribution in [1.82, 2.24) is 5.43 Å². The summed E-state index contributed by atoms with van der Waals surface area (Å²) in [4.78, 5) is 0. The summed E-state index contributed by atoms with van der Waals surface area (Å²) in [6.45, 7) is 0.786. The highest BCUT2D eigenvalue weighted by Gasteiger charge is 2.26. The van der Waals surface area contributed by atoms with Crippen molar-refractivity contribution in [1.29, 1.82) is 0 Å². The van der Waals surface area contributed by atoms with Crippen LogP contribution in [0.3, 0.4) is 0 Å². The van der Waals surface area contributed by atoms with Crippen LogP contribution < -0.4 is 11.3 Å². The molecule has 0 bridgehead atoms. The molecule has 0 heterocycles. The van der Waals surface area contributed by atoms with Gasteiger partial charge in [-0.1, -0.05) is 48.5 Å². The molecular weight excluding hydrogens is 196 g/mol. The van der Waals surface area contributed by atoms with Crippen LogP contribution in [0.5, 0.6) is 0 Å². The summed E-state index contributed by atoms with van der Waals surface area (Å²) in [6, 6.07) is 17.1. The smallest absolute Gasteiger partial charge is 0.0240 e. The van der Waals surface area contributed by atoms with E-state index in [9.17, 15) is 0 Å². The van der Waals surface area contributed by atoms with Crippen LogP contribution in [0, 0.1) is 0 Å². The third-order valence-electron chi connectivity index (χ3n) is 3.28. The van der Waals surface area contributed by atoms with Crippen LogP contribution in [0.1, 0.15) is 17.0 Å². The SMILES string of the molecule is NNCC1c2ccccc2-c2ccccc21. The summed E-state index contributed by atoms with van der Waals surface area (Å²) in [5.74, 6) is 5.86. The summed E-state index contributed by atoms with van der Waals surface area (Å²) in [6.07, 6.45) is 0. The van der Waals surface area contributed by atoms with Crippen molar-refractivity contribution in [3.63, 3.8) is 0 Å². The Labute approximate surface area is 95.1 Å². The summed E-state index contributed by atoms with van der Waals surface area (Å²) in [5.41, 5.74) is 8.24. The van der Waals surface area contributed by atoms with Crippen LogP contribution in [-0.4, -0.2) is 6.54 Å². The fourth-order valence-electron chi connectivity index (χ4n) is 2.60. The van der Waals surface area contributed by atoms with Gasteiger partial charge in [0.2, 0.25) is 0 Å². The lowest BCUT2D eigenvalue weighted by Gasteiger charge is -2.12. The summed E-state index contributed by atoms with van der Waals surface area (Å²) in [7, 11) is 0. The maximum atomic E-state index is 5.47. The van der Waals surface area contributed by atoms with Crippen LogP contribution in [-0.2, 0) is 0 Å². The Morgan fingerprint density at radius 1 is 0.875 bits per heavy atom. The lowest BCUT2D eigenvalue weighted by atomic mass is 9.97. The maximum Gasteiger partial charge on any atom is 0.0240 e. The van der Waals surface area contributed by atoms with Crippen LogP contribution in [0.2, 0.25) is 0 Å². The molecule has 0 amide bonds. The number of rotatable bonds is 2. The van der Waals surface area contributed by atoms with Gasteiger partial charge in [0.25, 0.3) is 0 Å². The van der Waals surface area contributed by atoms with Crippen molar-refractivity contribution >= 4 is 0 Å². The van der Waals surface area contributed by atoms with E-state index in [4.69, 9.17) is 5.84 Å². The molecular formula is C14H14N2. The van der Waals surface area contributed by atoms with E-state index in [0.29, 0.717) is 5.92 Å². The molecule has 16 heavy (non-hydrogen) atoms. The van der Waals surface area contributed by atoms with Gasteiger partial charge in [-0.05, 0) is 22.3 Å². The molecule has 0 spiro atoms. The van der Waals surface area contributed by atoms with Crippen LogP contribution >= 0.6 is 0 Å². The van der Waals surface area contributed by atoms with Gasteiger partial charge in [-0.25, -0.2) is 0 Å². The molecule has 1 aliphatic carbocycles. The largest absolute Gasteiger partial charge is 0.271 e. The molecule has 1 aliphatic rings. The maximum absolute atomic E-state index is 5.47. The van der Waals surface area contributed by atoms with E-state index in [1.165, 1.54) is 22.3 Å². The lowest BCUT2D eigenvalue weighted by Crippen LogP contribution is -2.27. The van der Waals surface area contributed by atoms with Crippen molar-refractivity contribution in [3.05, 3.63) is 59.7 Å². The van der Waals surface area contributed by atoms with E-state index in [1.807, 2.05) is 0 Å². The lowest BCUT2D eigenvalue weighted by molar-refractivity contribution is 0.673. The summed E-state index contributed by atoms with van der Waals surface area (Å²) >= 11 is 0. The Kier molecular flexibility index (Phi) is 2.24. The van der Waals surface area contributed by atoms with E-state index in [1.54, 1.807) is 0 Å². The Hall–Kier alpha value is -1.64. The first-order valence-electron chi connectivity index (χ1n) is 5.53. The molecule has 2 aromatic rings. The summed E-state index contributed by atoms with van der Waals surface area (Å²) < 4.78 is 0. The van der Waals surface area contributed by atoms with Crippen molar-refractivity contribution in [2.45, 2.75) is 5.92 Å². The Balaban J connectivity index is 2.21. The normalized spacial score (nSPS) is 13.6. The first-order chi connectivity index (χ1) is 7.92. The van der Waals surface area contributed by atoms with E-state index >= 15 is 0 Å². The Morgan fingerprint density at radius 2 is 1.38 bits per heavy atom. The van der Waals surface area contributed by atoms with Crippen LogP contribution in [0.15, 0.2) is 48.5 Å². The van der Waals surface area contributed by atoms with Gasteiger partial charge < -0.3 is 0 Å². The number of fused-ring (bicyclic) bond motifs is 3. The monoisotopic (exact) mass is 210 g/mol. The number of nitrogens with two attached hydrogens (primary N) is 1. The second-order valence-corrected chi connectivity index (χ2v) is 4.14. The number of benzene rings is 2. The van der Waals surface area contributed by atoms with Crippen LogP contribution in [0.4, 0.5) is 0 Å². The fraction of sp³-hybridized carbons (Fsp3) is 0.143. The van der Waals surface area contributed by atoms with Crippen LogP contribution in [0.25, 0.3) is 11.1 Å². The molecule has 3 rings (SSSR count). The van der Waals surface area contributed by atoms with Crippen molar-refractivity contribution in [2.75, 3.05) is 6.54 Å². The zero-order valence-electron chi connectivity index (χ0n) is 8.98. The molecule has 0 saturated carbocycles. The highest BCUT2D eigenvalue weighted by atomic mass is 15.2. The quantitative estimate of drug-likeness (QED) is 0.589. The third-order valence-corrected chi connectivity index (χ3v) is 3.28. The number of nitrogens with one attached hydrogen (secondary N) is 1. The Bertz CT molecular complexity index is 474. The van der Waals surface area contributed by atoms with Gasteiger partial charge in [-0.3, -0.25) is 11.3 Å². The first-order valence-corrected chi connectivity index (χ1v) is 5.53. The molecule has 2 aromatic carbocycles. The zero-order chi connectivity index (χ0) is 11.0. The van der Waals surface area contributed by atoms with E-state index in [0.717, 1.165) is 6.54 Å². The molecule has 0 fully saturated rings. The van der Waals surface area contributed by atoms with Crippen molar-refractivity contribution in [2.24, 2.45) is 5.84 Å². The average Bonchev–Trinajstić information content (AvgIpc) is 2.66. The molecule has 80 valence electrons. The third kappa shape index (κ3) is 1.28. The fourth-order valence-corrected chi connectivity index (χ4v) is 2.60. The minimum absolute atomic E-state index is 0.386. The van der Waals surface area contributed by atoms with Gasteiger partial charge in [0.15, 0.2) is 0 Å². The molecule has 2 heteroatoms. The number of hydrazine groups is 1. The highest BCUT2D eigenvalue weighted by Crippen LogP contribution is 2.43. The van der Waals surface area contributed by atoms with Gasteiger partial charge in [-0.15, -0.1) is 0 Å². The predicted molar refractivity (Wildman–Crippen MR) is 65.9 cm³/mol. The standard InChI is InChI=1S/C14H14N2/c15-16-9-14-12-7-3-1-5-10(12)11-6-2-4-8-13(11)14/h1-8,14,16H,9,15H2. The molecule has 0 aromatic heterocycles. The minimum atomic E-state index is 0.386.